The zero-order chi connectivity index (χ0) is 20.5. The van der Waals surface area contributed by atoms with Gasteiger partial charge in [-0.25, -0.2) is 9.78 Å². The molecule has 0 spiro atoms. The predicted molar refractivity (Wildman–Crippen MR) is 110 cm³/mol. The van der Waals surface area contributed by atoms with Crippen LogP contribution in [0.25, 0.3) is 4.96 Å². The first-order chi connectivity index (χ1) is 14.0. The van der Waals surface area contributed by atoms with E-state index in [1.165, 1.54) is 15.9 Å². The Morgan fingerprint density at radius 3 is 2.62 bits per heavy atom. The van der Waals surface area contributed by atoms with Crippen LogP contribution in [0.2, 0.25) is 0 Å². The number of aryl methyl sites for hydroxylation is 2. The van der Waals surface area contributed by atoms with Gasteiger partial charge in [-0.2, -0.15) is 4.52 Å². The van der Waals surface area contributed by atoms with Gasteiger partial charge in [-0.3, -0.25) is 4.90 Å². The Morgan fingerprint density at radius 1 is 1.24 bits per heavy atom. The molecular formula is C20H25N5O3S. The van der Waals surface area contributed by atoms with E-state index >= 15 is 0 Å². The van der Waals surface area contributed by atoms with Crippen LogP contribution < -0.4 is 0 Å². The molecule has 3 heterocycles. The molecule has 8 nitrogen and oxygen atoms in total. The molecule has 0 saturated carbocycles. The maximum Gasteiger partial charge on any atom is 0.409 e. The van der Waals surface area contributed by atoms with E-state index in [9.17, 15) is 9.90 Å². The number of hydrogen-bond donors (Lipinski definition) is 1. The molecule has 2 aromatic heterocycles. The normalized spacial score (nSPS) is 16.3. The van der Waals surface area contributed by atoms with Crippen molar-refractivity contribution in [1.29, 1.82) is 0 Å². The van der Waals surface area contributed by atoms with Gasteiger partial charge >= 0.3 is 6.09 Å². The van der Waals surface area contributed by atoms with Gasteiger partial charge in [0.25, 0.3) is 0 Å². The van der Waals surface area contributed by atoms with Crippen molar-refractivity contribution in [3.8, 4) is 5.88 Å². The van der Waals surface area contributed by atoms with Crippen molar-refractivity contribution in [3.63, 3.8) is 0 Å². The zero-order valence-electron chi connectivity index (χ0n) is 16.8. The molecule has 9 heteroatoms. The van der Waals surface area contributed by atoms with Gasteiger partial charge in [-0.05, 0) is 31.9 Å². The largest absolute Gasteiger partial charge is 0.492 e. The molecule has 0 radical (unpaired) electrons. The van der Waals surface area contributed by atoms with E-state index in [1.807, 2.05) is 26.0 Å². The molecule has 1 atom stereocenters. The number of benzene rings is 1. The van der Waals surface area contributed by atoms with Crippen LogP contribution in [0.5, 0.6) is 5.88 Å². The minimum atomic E-state index is -0.267. The van der Waals surface area contributed by atoms with Gasteiger partial charge in [0.2, 0.25) is 10.8 Å². The molecule has 0 unspecified atom stereocenters. The predicted octanol–water partition coefficient (Wildman–Crippen LogP) is 2.98. The Kier molecular flexibility index (Phi) is 5.42. The second-order valence-electron chi connectivity index (χ2n) is 7.12. The number of aromatic hydroxyl groups is 1. The molecule has 3 aromatic rings. The average molecular weight is 416 g/mol. The van der Waals surface area contributed by atoms with Crippen LogP contribution in [-0.2, 0) is 4.74 Å². The summed E-state index contributed by atoms with van der Waals surface area (Å²) >= 11 is 1.46. The molecule has 29 heavy (non-hydrogen) atoms. The van der Waals surface area contributed by atoms with E-state index in [2.05, 4.69) is 34.0 Å². The monoisotopic (exact) mass is 415 g/mol. The third-order valence-corrected chi connectivity index (χ3v) is 6.31. The van der Waals surface area contributed by atoms with Crippen molar-refractivity contribution in [1.82, 2.24) is 24.4 Å². The van der Waals surface area contributed by atoms with E-state index in [4.69, 9.17) is 4.74 Å². The van der Waals surface area contributed by atoms with Crippen molar-refractivity contribution in [2.45, 2.75) is 26.8 Å². The molecular weight excluding hydrogens is 390 g/mol. The number of carbonyl (C=O) groups excluding carboxylic acids is 1. The molecule has 4 rings (SSSR count). The molecule has 1 fully saturated rings. The van der Waals surface area contributed by atoms with Crippen molar-refractivity contribution < 1.29 is 14.6 Å². The summed E-state index contributed by atoms with van der Waals surface area (Å²) in [6.45, 7) is 8.62. The van der Waals surface area contributed by atoms with Crippen molar-refractivity contribution in [3.05, 3.63) is 46.1 Å². The number of fused-ring (bicyclic) bond motifs is 1. The maximum atomic E-state index is 12.1. The fourth-order valence-corrected chi connectivity index (χ4v) is 4.95. The first-order valence-electron chi connectivity index (χ1n) is 9.76. The number of carbonyl (C=O) groups is 1. The number of ether oxygens (including phenoxy) is 1. The third-order valence-electron chi connectivity index (χ3n) is 5.24. The fraction of sp³-hybridized carbons (Fsp3) is 0.450. The SMILES string of the molecule is CCOC(=O)N1CCN([C@H](c2ccccc2C)c2sc3nc(C)nn3c2O)CC1. The van der Waals surface area contributed by atoms with Gasteiger partial charge in [-0.15, -0.1) is 5.10 Å². The average Bonchev–Trinajstić information content (AvgIpc) is 3.22. The van der Waals surface area contributed by atoms with Gasteiger partial charge in [0.1, 0.15) is 5.82 Å². The summed E-state index contributed by atoms with van der Waals surface area (Å²) in [4.78, 5) is 22.0. The van der Waals surface area contributed by atoms with E-state index in [1.54, 1.807) is 4.90 Å². The highest BCUT2D eigenvalue weighted by Gasteiger charge is 2.33. The standard InChI is InChI=1S/C20H25N5O3S/c1-4-28-20(27)24-11-9-23(10-12-24)16(15-8-6-5-7-13(15)2)17-18(26)25-19(29-17)21-14(3)22-25/h5-8,16,26H,4,9-12H2,1-3H3/t16-/m1/s1. The number of amides is 1. The van der Waals surface area contributed by atoms with Crippen molar-refractivity contribution in [2.75, 3.05) is 32.8 Å². The Balaban J connectivity index is 1.69. The quantitative estimate of drug-likeness (QED) is 0.705. The first-order valence-corrected chi connectivity index (χ1v) is 10.6. The second kappa shape index (κ2) is 8.00. The summed E-state index contributed by atoms with van der Waals surface area (Å²) in [5.74, 6) is 0.764. The zero-order valence-corrected chi connectivity index (χ0v) is 17.6. The lowest BCUT2D eigenvalue weighted by Crippen LogP contribution is -2.50. The number of thiazole rings is 1. The first kappa shape index (κ1) is 19.7. The lowest BCUT2D eigenvalue weighted by molar-refractivity contribution is 0.0714. The van der Waals surface area contributed by atoms with Gasteiger partial charge in [-0.1, -0.05) is 35.6 Å². The molecule has 1 saturated heterocycles. The number of hydrogen-bond acceptors (Lipinski definition) is 7. The molecule has 0 aliphatic carbocycles. The number of nitrogens with zero attached hydrogens (tertiary/aromatic N) is 5. The lowest BCUT2D eigenvalue weighted by atomic mass is 9.98. The molecule has 1 aliphatic heterocycles. The lowest BCUT2D eigenvalue weighted by Gasteiger charge is -2.39. The number of rotatable bonds is 4. The molecule has 1 amide bonds. The second-order valence-corrected chi connectivity index (χ2v) is 8.13. The summed E-state index contributed by atoms with van der Waals surface area (Å²) < 4.78 is 6.65. The van der Waals surface area contributed by atoms with E-state index in [0.29, 0.717) is 43.6 Å². The maximum absolute atomic E-state index is 12.1. The summed E-state index contributed by atoms with van der Waals surface area (Å²) in [7, 11) is 0. The molecule has 1 N–H and O–H groups in total. The molecule has 1 aliphatic rings. The summed E-state index contributed by atoms with van der Waals surface area (Å²) in [6, 6.07) is 8.07. The van der Waals surface area contributed by atoms with Crippen LogP contribution in [-0.4, -0.2) is 68.4 Å². The Hall–Kier alpha value is -2.65. The Morgan fingerprint density at radius 2 is 1.97 bits per heavy atom. The third kappa shape index (κ3) is 3.67. The van der Waals surface area contributed by atoms with Crippen LogP contribution in [0.4, 0.5) is 4.79 Å². The minimum Gasteiger partial charge on any atom is -0.492 e. The highest BCUT2D eigenvalue weighted by molar-refractivity contribution is 7.17. The van der Waals surface area contributed by atoms with Crippen molar-refractivity contribution >= 4 is 22.4 Å². The molecule has 0 bridgehead atoms. The van der Waals surface area contributed by atoms with Crippen LogP contribution >= 0.6 is 11.3 Å². The van der Waals surface area contributed by atoms with Gasteiger partial charge in [0.15, 0.2) is 0 Å². The number of piperazine rings is 1. The van der Waals surface area contributed by atoms with Crippen LogP contribution in [0.15, 0.2) is 24.3 Å². The van der Waals surface area contributed by atoms with Crippen LogP contribution in [0.3, 0.4) is 0 Å². The number of aromatic nitrogens is 3. The van der Waals surface area contributed by atoms with Crippen LogP contribution in [0, 0.1) is 13.8 Å². The summed E-state index contributed by atoms with van der Waals surface area (Å²) in [5, 5.41) is 15.2. The molecule has 154 valence electrons. The summed E-state index contributed by atoms with van der Waals surface area (Å²) in [6.07, 6.45) is -0.267. The van der Waals surface area contributed by atoms with E-state index in [0.717, 1.165) is 16.0 Å². The van der Waals surface area contributed by atoms with Gasteiger partial charge < -0.3 is 14.7 Å². The van der Waals surface area contributed by atoms with Gasteiger partial charge in [0.05, 0.1) is 17.5 Å². The minimum absolute atomic E-state index is 0.130. The highest BCUT2D eigenvalue weighted by Crippen LogP contribution is 2.41. The van der Waals surface area contributed by atoms with E-state index < -0.39 is 0 Å². The van der Waals surface area contributed by atoms with Crippen LogP contribution in [0.1, 0.15) is 34.8 Å². The Labute approximate surface area is 173 Å². The summed E-state index contributed by atoms with van der Waals surface area (Å²) in [5.41, 5.74) is 2.29. The fourth-order valence-electron chi connectivity index (χ4n) is 3.80. The smallest absolute Gasteiger partial charge is 0.409 e. The Bertz CT molecular complexity index is 1020. The topological polar surface area (TPSA) is 83.2 Å². The van der Waals surface area contributed by atoms with E-state index in [-0.39, 0.29) is 18.0 Å². The van der Waals surface area contributed by atoms with Gasteiger partial charge in [0, 0.05) is 26.2 Å². The highest BCUT2D eigenvalue weighted by atomic mass is 32.1. The van der Waals surface area contributed by atoms with Crippen molar-refractivity contribution in [2.24, 2.45) is 0 Å². The molecule has 1 aromatic carbocycles.